The number of carbonyl (C=O) groups is 1. The highest BCUT2D eigenvalue weighted by molar-refractivity contribution is 8.05. The minimum absolute atomic E-state index is 0.0191. The molecule has 0 aromatic rings. The average Bonchev–Trinajstić information content (AvgIpc) is 2.03. The zero-order valence-corrected chi connectivity index (χ0v) is 8.01. The molecule has 2 N–H and O–H groups in total. The molecule has 2 atom stereocenters. The molecule has 0 aromatic heterocycles. The van der Waals surface area contributed by atoms with Gasteiger partial charge in [-0.25, -0.2) is 0 Å². The number of nitrogens with one attached hydrogen (secondary N) is 1. The molecule has 6 heteroatoms. The molecule has 1 amide bonds. The zero-order valence-electron chi connectivity index (χ0n) is 7.20. The Balaban J connectivity index is 4.44. The summed E-state index contributed by atoms with van der Waals surface area (Å²) in [5.74, 6) is -0.983. The van der Waals surface area contributed by atoms with Crippen molar-refractivity contribution in [1.82, 2.24) is 5.32 Å². The summed E-state index contributed by atoms with van der Waals surface area (Å²) in [6.45, 7) is 1.52. The normalized spacial score (nSPS) is 16.8. The summed E-state index contributed by atoms with van der Waals surface area (Å²) in [5, 5.41) is 13.6. The van der Waals surface area contributed by atoms with Gasteiger partial charge in [-0.2, -0.15) is 0 Å². The van der Waals surface area contributed by atoms with Gasteiger partial charge in [-0.05, 0) is 12.1 Å². The average molecular weight is 192 g/mol. The van der Waals surface area contributed by atoms with Crippen LogP contribution < -0.4 is 5.32 Å². The first-order valence-corrected chi connectivity index (χ1v) is 4.87. The van der Waals surface area contributed by atoms with E-state index in [2.05, 4.69) is 10.5 Å². The third-order valence-corrected chi connectivity index (χ3v) is 2.43. The second-order valence-electron chi connectivity index (χ2n) is 2.23. The van der Waals surface area contributed by atoms with Crippen molar-refractivity contribution in [3.63, 3.8) is 0 Å². The van der Waals surface area contributed by atoms with Gasteiger partial charge in [-0.15, -0.1) is 0 Å². The van der Waals surface area contributed by atoms with E-state index in [9.17, 15) is 9.35 Å². The first-order chi connectivity index (χ1) is 5.54. The summed E-state index contributed by atoms with van der Waals surface area (Å²) < 4.78 is 10.9. The number of hydrogen-bond acceptors (Lipinski definition) is 4. The van der Waals surface area contributed by atoms with Crippen LogP contribution in [0.15, 0.2) is 5.16 Å². The summed E-state index contributed by atoms with van der Waals surface area (Å²) in [6.07, 6.45) is 1.36. The Morgan fingerprint density at radius 1 is 1.75 bits per heavy atom. The van der Waals surface area contributed by atoms with Crippen LogP contribution in [0.2, 0.25) is 0 Å². The molecule has 0 saturated carbocycles. The highest BCUT2D eigenvalue weighted by atomic mass is 32.2. The van der Waals surface area contributed by atoms with Crippen LogP contribution in [0.1, 0.15) is 6.92 Å². The third-order valence-electron chi connectivity index (χ3n) is 1.40. The van der Waals surface area contributed by atoms with Gasteiger partial charge in [0.15, 0.2) is 0 Å². The fourth-order valence-corrected chi connectivity index (χ4v) is 1.44. The molecular weight excluding hydrogens is 180 g/mol. The highest BCUT2D eigenvalue weighted by Gasteiger charge is 2.26. The molecule has 2 unspecified atom stereocenters. The van der Waals surface area contributed by atoms with E-state index < -0.39 is 17.1 Å². The molecule has 0 aliphatic carbocycles. The molecule has 70 valence electrons. The van der Waals surface area contributed by atoms with Crippen molar-refractivity contribution in [2.24, 2.45) is 11.1 Å². The van der Waals surface area contributed by atoms with Gasteiger partial charge >= 0.3 is 0 Å². The summed E-state index contributed by atoms with van der Waals surface area (Å²) >= 11 is -1.42. The quantitative estimate of drug-likeness (QED) is 0.204. The smallest absolute Gasteiger partial charge is 0.266 e. The van der Waals surface area contributed by atoms with Gasteiger partial charge in [-0.3, -0.25) is 4.79 Å². The van der Waals surface area contributed by atoms with Crippen molar-refractivity contribution in [3.8, 4) is 0 Å². The fourth-order valence-electron chi connectivity index (χ4n) is 0.722. The van der Waals surface area contributed by atoms with E-state index >= 15 is 0 Å². The van der Waals surface area contributed by atoms with Crippen LogP contribution in [-0.4, -0.2) is 34.0 Å². The molecule has 0 spiro atoms. The zero-order chi connectivity index (χ0) is 9.72. The number of amides is 1. The lowest BCUT2D eigenvalue weighted by molar-refractivity contribution is -0.122. The molecule has 0 rings (SSSR count). The van der Waals surface area contributed by atoms with E-state index in [1.807, 2.05) is 0 Å². The van der Waals surface area contributed by atoms with Gasteiger partial charge < -0.3 is 15.1 Å². The number of oxime groups is 1. The maximum absolute atomic E-state index is 11.0. The molecule has 0 heterocycles. The Labute approximate surface area is 74.0 Å². The first kappa shape index (κ1) is 11.2. The molecule has 0 aromatic carbocycles. The van der Waals surface area contributed by atoms with E-state index in [0.29, 0.717) is 0 Å². The lowest BCUT2D eigenvalue weighted by Gasteiger charge is -2.11. The van der Waals surface area contributed by atoms with Crippen molar-refractivity contribution in [2.45, 2.75) is 6.92 Å². The second kappa shape index (κ2) is 5.00. The van der Waals surface area contributed by atoms with Crippen LogP contribution in [0, 0.1) is 5.92 Å². The van der Waals surface area contributed by atoms with Crippen molar-refractivity contribution in [2.75, 3.05) is 13.3 Å². The largest absolute Gasteiger partial charge is 0.611 e. The van der Waals surface area contributed by atoms with E-state index in [1.54, 1.807) is 0 Å². The molecule has 5 nitrogen and oxygen atoms in total. The number of nitrogens with zero attached hydrogens (tertiary/aromatic N) is 1. The topological polar surface area (TPSA) is 84.8 Å². The second-order valence-corrected chi connectivity index (χ2v) is 3.55. The van der Waals surface area contributed by atoms with Crippen molar-refractivity contribution < 1.29 is 14.6 Å². The van der Waals surface area contributed by atoms with Crippen LogP contribution in [-0.2, 0) is 16.0 Å². The predicted octanol–water partition coefficient (Wildman–Crippen LogP) is -0.465. The number of carbonyl (C=O) groups excluding carboxylic acids is 1. The van der Waals surface area contributed by atoms with Gasteiger partial charge in [0.25, 0.3) is 5.04 Å². The first-order valence-electron chi connectivity index (χ1n) is 3.31. The molecule has 0 aliphatic heterocycles. The van der Waals surface area contributed by atoms with Gasteiger partial charge in [0.1, 0.15) is 12.2 Å². The lowest BCUT2D eigenvalue weighted by atomic mass is 10.2. The maximum Gasteiger partial charge on any atom is 0.266 e. The van der Waals surface area contributed by atoms with E-state index in [-0.39, 0.29) is 11.0 Å². The molecule has 0 saturated heterocycles. The fraction of sp³-hybridized carbons (Fsp3) is 0.667. The highest BCUT2D eigenvalue weighted by Crippen LogP contribution is 2.04. The van der Waals surface area contributed by atoms with Crippen molar-refractivity contribution >= 4 is 22.1 Å². The standard InChI is InChI=1S/C6H12N2O3S/c1-4(5(9)7-2)6(8-10)12(3)11/h4,10H,1-3H3,(H,7,9)/b8-6+. The number of hydrogen-bond donors (Lipinski definition) is 2. The summed E-state index contributed by atoms with van der Waals surface area (Å²) in [4.78, 5) is 11.0. The van der Waals surface area contributed by atoms with Gasteiger partial charge in [0.05, 0.1) is 0 Å². The van der Waals surface area contributed by atoms with E-state index in [1.165, 1.54) is 20.2 Å². The van der Waals surface area contributed by atoms with Gasteiger partial charge in [0.2, 0.25) is 5.91 Å². The predicted molar refractivity (Wildman–Crippen MR) is 46.5 cm³/mol. The Morgan fingerprint density at radius 3 is 2.50 bits per heavy atom. The summed E-state index contributed by atoms with van der Waals surface area (Å²) in [7, 11) is 1.46. The summed E-state index contributed by atoms with van der Waals surface area (Å²) in [6, 6.07) is 0. The molecule has 12 heavy (non-hydrogen) atoms. The van der Waals surface area contributed by atoms with E-state index in [4.69, 9.17) is 5.21 Å². The number of rotatable bonds is 2. The monoisotopic (exact) mass is 192 g/mol. The Hall–Kier alpha value is -0.750. The van der Waals surface area contributed by atoms with Crippen LogP contribution in [0.4, 0.5) is 0 Å². The molecule has 0 fully saturated rings. The van der Waals surface area contributed by atoms with Crippen LogP contribution in [0.3, 0.4) is 0 Å². The molecule has 0 radical (unpaired) electrons. The van der Waals surface area contributed by atoms with Gasteiger partial charge in [0, 0.05) is 18.2 Å². The Bertz CT molecular complexity index is 193. The van der Waals surface area contributed by atoms with Gasteiger partial charge in [-0.1, -0.05) is 0 Å². The third kappa shape index (κ3) is 2.71. The van der Waals surface area contributed by atoms with Crippen molar-refractivity contribution in [3.05, 3.63) is 0 Å². The minimum Gasteiger partial charge on any atom is -0.611 e. The van der Waals surface area contributed by atoms with E-state index in [0.717, 1.165) is 0 Å². The maximum atomic E-state index is 11.0. The Morgan fingerprint density at radius 2 is 2.25 bits per heavy atom. The molecular formula is C6H12N2O3S. The molecule has 0 bridgehead atoms. The van der Waals surface area contributed by atoms with Crippen LogP contribution in [0.25, 0.3) is 0 Å². The van der Waals surface area contributed by atoms with Crippen LogP contribution in [0.5, 0.6) is 0 Å². The summed E-state index contributed by atoms with van der Waals surface area (Å²) in [5.41, 5.74) is 0. The Kier molecular flexibility index (Phi) is 4.68. The van der Waals surface area contributed by atoms with Crippen LogP contribution >= 0.6 is 0 Å². The van der Waals surface area contributed by atoms with Crippen molar-refractivity contribution in [1.29, 1.82) is 0 Å². The SMILES string of the molecule is CNC(=O)C(C)/C(=N\O)[S+](C)[O-]. The molecule has 0 aliphatic rings. The minimum atomic E-state index is -1.42. The lowest BCUT2D eigenvalue weighted by Crippen LogP contribution is -2.34.